The molecule has 44 valence electrons. The molecule has 0 saturated heterocycles. The first-order valence-corrected chi connectivity index (χ1v) is 2.70. The lowest BCUT2D eigenvalue weighted by atomic mass is 11.8. The first-order chi connectivity index (χ1) is 3.00. The van der Waals surface area contributed by atoms with Gasteiger partial charge in [0.2, 0.25) is 0 Å². The number of nitrogens with one attached hydrogen (secondary N) is 1. The third-order valence-corrected chi connectivity index (χ3v) is 0. The van der Waals surface area contributed by atoms with Gasteiger partial charge in [-0.1, -0.05) is 0 Å². The fourth-order valence-corrected chi connectivity index (χ4v) is 0. The van der Waals surface area contributed by atoms with Crippen LogP contribution in [-0.2, 0) is 4.57 Å². The van der Waals surface area contributed by atoms with Crippen molar-refractivity contribution < 1.29 is 19.2 Å². The smallest absolute Gasteiger partial charge is 0.317 e. The molecule has 0 atom stereocenters. The van der Waals surface area contributed by atoms with Gasteiger partial charge in [-0.2, -0.15) is 0 Å². The fourth-order valence-electron chi connectivity index (χ4n) is 0. The average molecular weight is 127 g/mol. The molecule has 0 fully saturated rings. The van der Waals surface area contributed by atoms with Gasteiger partial charge in [-0.05, 0) is 6.72 Å². The predicted molar refractivity (Wildman–Crippen MR) is 24.1 cm³/mol. The summed E-state index contributed by atoms with van der Waals surface area (Å²) in [5, 5.41) is 5.50. The molecule has 0 radical (unpaired) electrons. The maximum Gasteiger partial charge on any atom is 0.466 e. The summed E-state index contributed by atoms with van der Waals surface area (Å²) in [6, 6.07) is 0. The van der Waals surface area contributed by atoms with E-state index in [-0.39, 0.29) is 0 Å². The summed E-state index contributed by atoms with van der Waals surface area (Å²) in [4.78, 5) is 21.6. The number of hydrogen-bond donors (Lipinski definition) is 4. The minimum absolute atomic E-state index is 2.50. The average Bonchev–Trinajstić information content (AvgIpc) is 1.36. The normalized spacial score (nSPS) is 9.00. The van der Waals surface area contributed by atoms with Crippen molar-refractivity contribution in [2.24, 2.45) is 0 Å². The Kier molecular flexibility index (Phi) is 5.60. The maximum absolute atomic E-state index is 8.88. The minimum Gasteiger partial charge on any atom is -0.317 e. The van der Waals surface area contributed by atoms with Gasteiger partial charge in [0.25, 0.3) is 0 Å². The van der Waals surface area contributed by atoms with E-state index in [4.69, 9.17) is 24.7 Å². The lowest BCUT2D eigenvalue weighted by molar-refractivity contribution is 0.275. The second kappa shape index (κ2) is 3.95. The van der Waals surface area contributed by atoms with Crippen molar-refractivity contribution in [1.82, 2.24) is 0 Å². The summed E-state index contributed by atoms with van der Waals surface area (Å²) in [6.45, 7) is 2.50. The van der Waals surface area contributed by atoms with Crippen molar-refractivity contribution >= 4 is 14.5 Å². The molecule has 0 aromatic heterocycles. The van der Waals surface area contributed by atoms with Crippen molar-refractivity contribution in [3.8, 4) is 0 Å². The first kappa shape index (κ1) is 9.91. The quantitative estimate of drug-likeness (QED) is 0.256. The van der Waals surface area contributed by atoms with Gasteiger partial charge in [-0.25, -0.2) is 4.57 Å². The molecular formula is CH6NO4P. The Morgan fingerprint density at radius 2 is 1.29 bits per heavy atom. The Balaban J connectivity index is 0. The van der Waals surface area contributed by atoms with Gasteiger partial charge < -0.3 is 20.1 Å². The Morgan fingerprint density at radius 1 is 1.29 bits per heavy atom. The van der Waals surface area contributed by atoms with Crippen LogP contribution in [0.1, 0.15) is 0 Å². The molecule has 4 N–H and O–H groups in total. The molecule has 0 rings (SSSR count). The van der Waals surface area contributed by atoms with E-state index >= 15 is 0 Å². The van der Waals surface area contributed by atoms with Gasteiger partial charge in [-0.3, -0.25) is 0 Å². The Morgan fingerprint density at radius 3 is 1.29 bits per heavy atom. The summed E-state index contributed by atoms with van der Waals surface area (Å²) >= 11 is 0. The zero-order valence-corrected chi connectivity index (χ0v) is 4.30. The highest BCUT2D eigenvalue weighted by Crippen LogP contribution is 2.25. The first-order valence-electron chi connectivity index (χ1n) is 1.14. The van der Waals surface area contributed by atoms with Crippen LogP contribution in [0.4, 0.5) is 0 Å². The van der Waals surface area contributed by atoms with E-state index in [0.717, 1.165) is 0 Å². The summed E-state index contributed by atoms with van der Waals surface area (Å²) < 4.78 is 8.88. The van der Waals surface area contributed by atoms with Crippen LogP contribution in [0.25, 0.3) is 0 Å². The van der Waals surface area contributed by atoms with Crippen LogP contribution in [0.15, 0.2) is 0 Å². The Bertz CT molecular complexity index is 67.5. The van der Waals surface area contributed by atoms with E-state index in [1.165, 1.54) is 0 Å². The SMILES string of the molecule is C=N.O=P(O)(O)O. The summed E-state index contributed by atoms with van der Waals surface area (Å²) in [5.74, 6) is 0. The molecule has 0 amide bonds. The third-order valence-electron chi connectivity index (χ3n) is 0. The highest BCUT2D eigenvalue weighted by atomic mass is 31.2. The van der Waals surface area contributed by atoms with Crippen molar-refractivity contribution in [3.05, 3.63) is 0 Å². The van der Waals surface area contributed by atoms with Crippen molar-refractivity contribution in [2.45, 2.75) is 0 Å². The highest BCUT2D eigenvalue weighted by molar-refractivity contribution is 7.45. The van der Waals surface area contributed by atoms with Crippen LogP contribution in [0, 0.1) is 5.41 Å². The van der Waals surface area contributed by atoms with Gasteiger partial charge >= 0.3 is 7.82 Å². The highest BCUT2D eigenvalue weighted by Gasteiger charge is 2.00. The molecule has 0 saturated carbocycles. The molecule has 0 aliphatic carbocycles. The molecule has 0 heterocycles. The number of phosphoric acid groups is 1. The van der Waals surface area contributed by atoms with E-state index < -0.39 is 7.82 Å². The summed E-state index contributed by atoms with van der Waals surface area (Å²) in [6.07, 6.45) is 0. The molecular weight excluding hydrogens is 121 g/mol. The van der Waals surface area contributed by atoms with E-state index in [1.54, 1.807) is 0 Å². The standard InChI is InChI=1S/CH3N.H3O4P/c1-2;1-5(2,3)4/h2H,1H2;(H3,1,2,3,4). The molecule has 5 nitrogen and oxygen atoms in total. The monoisotopic (exact) mass is 127 g/mol. The van der Waals surface area contributed by atoms with E-state index in [9.17, 15) is 0 Å². The van der Waals surface area contributed by atoms with Gasteiger partial charge in [0.15, 0.2) is 0 Å². The van der Waals surface area contributed by atoms with Crippen molar-refractivity contribution in [3.63, 3.8) is 0 Å². The molecule has 0 aromatic carbocycles. The van der Waals surface area contributed by atoms with Gasteiger partial charge in [0.05, 0.1) is 0 Å². The maximum atomic E-state index is 8.88. The molecule has 0 aromatic rings. The molecule has 0 aliphatic heterocycles. The van der Waals surface area contributed by atoms with E-state index in [1.807, 2.05) is 0 Å². The van der Waals surface area contributed by atoms with E-state index in [0.29, 0.717) is 0 Å². The lowest BCUT2D eigenvalue weighted by Crippen LogP contribution is -1.66. The largest absolute Gasteiger partial charge is 0.466 e. The van der Waals surface area contributed by atoms with Gasteiger partial charge in [0, 0.05) is 0 Å². The van der Waals surface area contributed by atoms with Gasteiger partial charge in [-0.15, -0.1) is 0 Å². The van der Waals surface area contributed by atoms with E-state index in [2.05, 4.69) is 6.72 Å². The zero-order chi connectivity index (χ0) is 6.50. The second-order valence-corrected chi connectivity index (χ2v) is 1.54. The zero-order valence-electron chi connectivity index (χ0n) is 3.40. The summed E-state index contributed by atoms with van der Waals surface area (Å²) in [7, 11) is -4.64. The van der Waals surface area contributed by atoms with Crippen molar-refractivity contribution in [1.29, 1.82) is 5.41 Å². The molecule has 0 unspecified atom stereocenters. The topological polar surface area (TPSA) is 102 Å². The number of hydrogen-bond acceptors (Lipinski definition) is 2. The third kappa shape index (κ3) is 1710. The Hall–Kier alpha value is -0.220. The molecule has 7 heavy (non-hydrogen) atoms. The van der Waals surface area contributed by atoms with Crippen molar-refractivity contribution in [2.75, 3.05) is 0 Å². The fraction of sp³-hybridized carbons (Fsp3) is 0. The molecule has 0 spiro atoms. The predicted octanol–water partition coefficient (Wildman–Crippen LogP) is -0.663. The lowest BCUT2D eigenvalue weighted by Gasteiger charge is -1.82. The van der Waals surface area contributed by atoms with Crippen LogP contribution in [0.2, 0.25) is 0 Å². The molecule has 0 aliphatic rings. The summed E-state index contributed by atoms with van der Waals surface area (Å²) in [5.41, 5.74) is 0. The second-order valence-electron chi connectivity index (χ2n) is 0.513. The van der Waals surface area contributed by atoms with Gasteiger partial charge in [0.1, 0.15) is 0 Å². The van der Waals surface area contributed by atoms with Crippen LogP contribution in [-0.4, -0.2) is 21.4 Å². The van der Waals surface area contributed by atoms with Crippen LogP contribution in [0.3, 0.4) is 0 Å². The number of rotatable bonds is 0. The Labute approximate surface area is 40.4 Å². The minimum atomic E-state index is -4.64. The van der Waals surface area contributed by atoms with Crippen LogP contribution >= 0.6 is 7.82 Å². The van der Waals surface area contributed by atoms with Crippen LogP contribution in [0.5, 0.6) is 0 Å². The molecule has 0 bridgehead atoms. The molecule has 6 heteroatoms. The van der Waals surface area contributed by atoms with Crippen LogP contribution < -0.4 is 0 Å².